The van der Waals surface area contributed by atoms with Gasteiger partial charge < -0.3 is 14.8 Å². The van der Waals surface area contributed by atoms with Crippen molar-refractivity contribution in [2.45, 2.75) is 26.3 Å². The predicted octanol–water partition coefficient (Wildman–Crippen LogP) is 4.72. The van der Waals surface area contributed by atoms with E-state index in [2.05, 4.69) is 17.3 Å². The number of benzene rings is 2. The number of hydrogen-bond acceptors (Lipinski definition) is 3. The minimum Gasteiger partial charge on any atom is -0.493 e. The van der Waals surface area contributed by atoms with E-state index in [1.165, 1.54) is 0 Å². The standard InChI is InChI=1S/C21H22ClNO2S/c1-4-11-25-19-9-7-16(13-20(19)24-3)8-10-21(26)23-14-17-6-5-15(2)18(22)12-17/h1,5-7,9,12-13H,8,10-11,14H2,2-3H3,(H,23,26). The highest BCUT2D eigenvalue weighted by atomic mass is 35.5. The Morgan fingerprint density at radius 1 is 1.19 bits per heavy atom. The summed E-state index contributed by atoms with van der Waals surface area (Å²) in [6.45, 7) is 2.87. The summed E-state index contributed by atoms with van der Waals surface area (Å²) < 4.78 is 10.8. The molecule has 0 aromatic heterocycles. The minimum absolute atomic E-state index is 0.215. The molecule has 0 heterocycles. The molecule has 0 saturated carbocycles. The van der Waals surface area contributed by atoms with Gasteiger partial charge in [-0.05, 0) is 48.2 Å². The first-order chi connectivity index (χ1) is 12.5. The summed E-state index contributed by atoms with van der Waals surface area (Å²) in [5.41, 5.74) is 3.30. The van der Waals surface area contributed by atoms with E-state index in [4.69, 9.17) is 39.7 Å². The van der Waals surface area contributed by atoms with Gasteiger partial charge in [-0.3, -0.25) is 0 Å². The number of nitrogens with one attached hydrogen (secondary N) is 1. The summed E-state index contributed by atoms with van der Waals surface area (Å²) in [5.74, 6) is 3.76. The lowest BCUT2D eigenvalue weighted by Crippen LogP contribution is -2.21. The van der Waals surface area contributed by atoms with Crippen LogP contribution in [-0.2, 0) is 13.0 Å². The highest BCUT2D eigenvalue weighted by Gasteiger charge is 2.07. The lowest BCUT2D eigenvalue weighted by atomic mass is 10.1. The van der Waals surface area contributed by atoms with E-state index < -0.39 is 0 Å². The summed E-state index contributed by atoms with van der Waals surface area (Å²) in [6.07, 6.45) is 6.78. The summed E-state index contributed by atoms with van der Waals surface area (Å²) in [4.78, 5) is 0.813. The molecule has 136 valence electrons. The summed E-state index contributed by atoms with van der Waals surface area (Å²) in [6, 6.07) is 11.8. The normalized spacial score (nSPS) is 10.1. The van der Waals surface area contributed by atoms with Crippen molar-refractivity contribution >= 4 is 28.8 Å². The Kier molecular flexibility index (Phi) is 7.77. The highest BCUT2D eigenvalue weighted by Crippen LogP contribution is 2.28. The molecule has 5 heteroatoms. The fraction of sp³-hybridized carbons (Fsp3) is 0.286. The number of hydrogen-bond donors (Lipinski definition) is 1. The number of terminal acetylenes is 1. The average molecular weight is 388 g/mol. The molecule has 0 bridgehead atoms. The third-order valence-corrected chi connectivity index (χ3v) is 4.66. The molecule has 0 amide bonds. The summed E-state index contributed by atoms with van der Waals surface area (Å²) >= 11 is 11.6. The van der Waals surface area contributed by atoms with E-state index in [1.807, 2.05) is 37.3 Å². The number of rotatable bonds is 8. The van der Waals surface area contributed by atoms with Gasteiger partial charge in [-0.2, -0.15) is 0 Å². The van der Waals surface area contributed by atoms with Crippen LogP contribution in [0.3, 0.4) is 0 Å². The van der Waals surface area contributed by atoms with Crippen molar-refractivity contribution in [3.05, 3.63) is 58.1 Å². The van der Waals surface area contributed by atoms with Crippen LogP contribution in [0.15, 0.2) is 36.4 Å². The van der Waals surface area contributed by atoms with Crippen molar-refractivity contribution in [1.29, 1.82) is 0 Å². The van der Waals surface area contributed by atoms with Gasteiger partial charge in [0.25, 0.3) is 0 Å². The van der Waals surface area contributed by atoms with Crippen LogP contribution < -0.4 is 14.8 Å². The van der Waals surface area contributed by atoms with E-state index in [9.17, 15) is 0 Å². The van der Waals surface area contributed by atoms with E-state index in [0.29, 0.717) is 18.0 Å². The number of methoxy groups -OCH3 is 1. The SMILES string of the molecule is C#CCOc1ccc(CCC(=S)NCc2ccc(C)c(Cl)c2)cc1OC. The van der Waals surface area contributed by atoms with Crippen molar-refractivity contribution in [3.8, 4) is 23.8 Å². The number of halogens is 1. The Morgan fingerprint density at radius 2 is 1.96 bits per heavy atom. The molecule has 1 N–H and O–H groups in total. The molecule has 0 aliphatic heterocycles. The Balaban J connectivity index is 1.86. The second kappa shape index (κ2) is 10.1. The first-order valence-electron chi connectivity index (χ1n) is 8.28. The maximum atomic E-state index is 6.15. The molecule has 2 aromatic carbocycles. The van der Waals surface area contributed by atoms with Crippen LogP contribution in [0, 0.1) is 19.3 Å². The van der Waals surface area contributed by atoms with Gasteiger partial charge in [0, 0.05) is 18.0 Å². The third kappa shape index (κ3) is 5.94. The molecule has 2 rings (SSSR count). The van der Waals surface area contributed by atoms with Gasteiger partial charge in [-0.15, -0.1) is 6.42 Å². The lowest BCUT2D eigenvalue weighted by molar-refractivity contribution is 0.330. The smallest absolute Gasteiger partial charge is 0.162 e. The molecule has 26 heavy (non-hydrogen) atoms. The summed E-state index contributed by atoms with van der Waals surface area (Å²) in [7, 11) is 1.61. The molecule has 2 aromatic rings. The average Bonchev–Trinajstić information content (AvgIpc) is 2.65. The fourth-order valence-corrected chi connectivity index (χ4v) is 2.78. The Bertz CT molecular complexity index is 814. The van der Waals surface area contributed by atoms with Gasteiger partial charge in [-0.25, -0.2) is 0 Å². The predicted molar refractivity (Wildman–Crippen MR) is 111 cm³/mol. The van der Waals surface area contributed by atoms with Crippen LogP contribution in [0.4, 0.5) is 0 Å². The van der Waals surface area contributed by atoms with Crippen LogP contribution in [0.5, 0.6) is 11.5 Å². The van der Waals surface area contributed by atoms with Crippen LogP contribution in [-0.4, -0.2) is 18.7 Å². The lowest BCUT2D eigenvalue weighted by Gasteiger charge is -2.12. The molecule has 0 spiro atoms. The van der Waals surface area contributed by atoms with Crippen molar-refractivity contribution in [1.82, 2.24) is 5.32 Å². The van der Waals surface area contributed by atoms with Crippen LogP contribution in [0.2, 0.25) is 5.02 Å². The topological polar surface area (TPSA) is 30.5 Å². The van der Waals surface area contributed by atoms with E-state index in [-0.39, 0.29) is 6.61 Å². The van der Waals surface area contributed by atoms with Crippen LogP contribution in [0.1, 0.15) is 23.1 Å². The molecule has 0 atom stereocenters. The van der Waals surface area contributed by atoms with Gasteiger partial charge in [0.1, 0.15) is 6.61 Å². The third-order valence-electron chi connectivity index (χ3n) is 3.91. The molecular weight excluding hydrogens is 366 g/mol. The van der Waals surface area contributed by atoms with Gasteiger partial charge >= 0.3 is 0 Å². The second-order valence-electron chi connectivity index (χ2n) is 5.84. The van der Waals surface area contributed by atoms with Crippen molar-refractivity contribution in [2.75, 3.05) is 13.7 Å². The molecule has 3 nitrogen and oxygen atoms in total. The van der Waals surface area contributed by atoms with E-state index in [1.54, 1.807) is 7.11 Å². The fourth-order valence-electron chi connectivity index (χ4n) is 2.40. The maximum Gasteiger partial charge on any atom is 0.162 e. The summed E-state index contributed by atoms with van der Waals surface area (Å²) in [5, 5.41) is 4.05. The zero-order valence-electron chi connectivity index (χ0n) is 15.0. The Labute approximate surface area is 165 Å². The van der Waals surface area contributed by atoms with Crippen LogP contribution in [0.25, 0.3) is 0 Å². The first-order valence-corrected chi connectivity index (χ1v) is 9.07. The minimum atomic E-state index is 0.215. The zero-order valence-corrected chi connectivity index (χ0v) is 16.5. The maximum absolute atomic E-state index is 6.15. The van der Waals surface area contributed by atoms with Gasteiger partial charge in [0.2, 0.25) is 0 Å². The van der Waals surface area contributed by atoms with E-state index in [0.717, 1.165) is 39.5 Å². The van der Waals surface area contributed by atoms with Crippen LogP contribution >= 0.6 is 23.8 Å². The number of ether oxygens (including phenoxy) is 2. The zero-order chi connectivity index (χ0) is 18.9. The quantitative estimate of drug-likeness (QED) is 0.524. The highest BCUT2D eigenvalue weighted by molar-refractivity contribution is 7.80. The van der Waals surface area contributed by atoms with Crippen molar-refractivity contribution < 1.29 is 9.47 Å². The van der Waals surface area contributed by atoms with Gasteiger partial charge in [-0.1, -0.05) is 47.9 Å². The van der Waals surface area contributed by atoms with Crippen molar-refractivity contribution in [3.63, 3.8) is 0 Å². The first kappa shape index (κ1) is 20.1. The molecule has 0 fully saturated rings. The largest absolute Gasteiger partial charge is 0.493 e. The number of thiocarbonyl (C=S) groups is 1. The van der Waals surface area contributed by atoms with E-state index >= 15 is 0 Å². The van der Waals surface area contributed by atoms with Gasteiger partial charge in [0.05, 0.1) is 12.1 Å². The number of aryl methyl sites for hydroxylation is 2. The molecular formula is C21H22ClNO2S. The second-order valence-corrected chi connectivity index (χ2v) is 6.74. The van der Waals surface area contributed by atoms with Crippen molar-refractivity contribution in [2.24, 2.45) is 0 Å². The molecule has 0 saturated heterocycles. The molecule has 0 radical (unpaired) electrons. The molecule has 0 aliphatic rings. The molecule has 0 unspecified atom stereocenters. The molecule has 0 aliphatic carbocycles. The monoisotopic (exact) mass is 387 g/mol. The Morgan fingerprint density at radius 3 is 2.65 bits per heavy atom. The Hall–Kier alpha value is -2.22. The van der Waals surface area contributed by atoms with Gasteiger partial charge in [0.15, 0.2) is 11.5 Å².